The third-order valence-corrected chi connectivity index (χ3v) is 14.1. The summed E-state index contributed by atoms with van der Waals surface area (Å²) in [6.45, 7) is 11.8. The Labute approximate surface area is 411 Å². The summed E-state index contributed by atoms with van der Waals surface area (Å²) in [6, 6.07) is 20.2. The van der Waals surface area contributed by atoms with E-state index in [1.165, 1.54) is 18.7 Å². The highest BCUT2D eigenvalue weighted by Crippen LogP contribution is 2.50. The summed E-state index contributed by atoms with van der Waals surface area (Å²) in [5, 5.41) is 16.3. The van der Waals surface area contributed by atoms with Crippen LogP contribution in [0.5, 0.6) is 5.75 Å². The van der Waals surface area contributed by atoms with Gasteiger partial charge in [0.1, 0.15) is 48.4 Å². The molecule has 12 nitrogen and oxygen atoms in total. The summed E-state index contributed by atoms with van der Waals surface area (Å²) in [7, 11) is 0. The average molecular weight is 979 g/mol. The number of aryl methyl sites for hydroxylation is 1. The fraction of sp³-hybridized carbons (Fsp3) is 0.426. The number of ether oxygens (including phenoxy) is 2. The zero-order chi connectivity index (χ0) is 50.1. The minimum atomic E-state index is -1.61. The smallest absolute Gasteiger partial charge is 0.246 e. The number of nitrogens with one attached hydrogen (secondary N) is 2. The molecular formula is C54H61F3N6O6S. The normalized spacial score (nSPS) is 19.7. The second kappa shape index (κ2) is 20.8. The zero-order valence-corrected chi connectivity index (χ0v) is 41.5. The molecule has 2 aliphatic heterocycles. The third kappa shape index (κ3) is 11.5. The summed E-state index contributed by atoms with van der Waals surface area (Å²) in [5.74, 6) is -3.09. The molecule has 3 aromatic carbocycles. The summed E-state index contributed by atoms with van der Waals surface area (Å²) in [5.41, 5.74) is 7.14. The molecule has 1 aliphatic carbocycles. The van der Waals surface area contributed by atoms with Gasteiger partial charge in [-0.2, -0.15) is 0 Å². The maximum absolute atomic E-state index is 16.3. The largest absolute Gasteiger partial charge is 0.487 e. The molecule has 0 spiro atoms. The van der Waals surface area contributed by atoms with Crippen LogP contribution in [0.1, 0.15) is 99.8 Å². The molecule has 4 heterocycles. The SMILES string of the molecule is Cc1ncsc1-c1ccc(CNC(=O)[C@@H]2C[C@@H](O)CN2C(=O)[C@@H](NC(=O)COCc2cccc(COc3cc(F)c([C@@H]4C5=C(C[C@@H](C)N4CC(C)(C)F)c4ccccc4C5)c(F)c3)n2)C(C)(C)C)cc1. The topological polar surface area (TPSA) is 146 Å². The highest BCUT2D eigenvalue weighted by Gasteiger charge is 2.45. The number of aliphatic hydroxyl groups is 1. The number of aliphatic hydroxyl groups excluding tert-OH is 1. The number of thiazole rings is 1. The van der Waals surface area contributed by atoms with Gasteiger partial charge in [0.05, 0.1) is 46.2 Å². The molecule has 1 saturated heterocycles. The summed E-state index contributed by atoms with van der Waals surface area (Å²) >= 11 is 1.56. The number of alkyl halides is 1. The van der Waals surface area contributed by atoms with E-state index in [-0.39, 0.29) is 56.6 Å². The Morgan fingerprint density at radius 2 is 1.66 bits per heavy atom. The van der Waals surface area contributed by atoms with Gasteiger partial charge in [0.25, 0.3) is 0 Å². The van der Waals surface area contributed by atoms with Crippen LogP contribution in [-0.2, 0) is 45.3 Å². The van der Waals surface area contributed by atoms with E-state index in [0.717, 1.165) is 56.1 Å². The van der Waals surface area contributed by atoms with Crippen LogP contribution in [0.2, 0.25) is 0 Å². The van der Waals surface area contributed by atoms with Gasteiger partial charge in [-0.3, -0.25) is 24.3 Å². The molecule has 5 aromatic rings. The first-order valence-electron chi connectivity index (χ1n) is 23.7. The molecule has 16 heteroatoms. The Morgan fingerprint density at radius 3 is 2.33 bits per heavy atom. The predicted octanol–water partition coefficient (Wildman–Crippen LogP) is 8.59. The number of nitrogens with zero attached hydrogens (tertiary/aromatic N) is 4. The first kappa shape index (κ1) is 50.4. The number of β-amino-alcohol motifs (C(OH)–C–C–N with tert-alkyl or cyclic N) is 1. The molecule has 5 atom stereocenters. The number of fused-ring (bicyclic) bond motifs is 2. The lowest BCUT2D eigenvalue weighted by molar-refractivity contribution is -0.144. The Hall–Kier alpha value is -5.94. The highest BCUT2D eigenvalue weighted by molar-refractivity contribution is 7.13. The lowest BCUT2D eigenvalue weighted by Crippen LogP contribution is -2.58. The van der Waals surface area contributed by atoms with Crippen LogP contribution < -0.4 is 15.4 Å². The molecule has 3 aliphatic rings. The lowest BCUT2D eigenvalue weighted by Gasteiger charge is -2.44. The number of halogens is 3. The molecule has 0 unspecified atom stereocenters. The maximum Gasteiger partial charge on any atom is 0.246 e. The number of likely N-dealkylation sites (tertiary alicyclic amines) is 1. The van der Waals surface area contributed by atoms with Crippen molar-refractivity contribution in [2.45, 2.75) is 123 Å². The van der Waals surface area contributed by atoms with Gasteiger partial charge in [-0.25, -0.2) is 18.2 Å². The first-order chi connectivity index (χ1) is 33.2. The van der Waals surface area contributed by atoms with Crippen molar-refractivity contribution in [1.29, 1.82) is 0 Å². The molecule has 1 fully saturated rings. The van der Waals surface area contributed by atoms with Crippen molar-refractivity contribution in [3.63, 3.8) is 0 Å². The van der Waals surface area contributed by atoms with Crippen molar-refractivity contribution in [1.82, 2.24) is 30.4 Å². The number of hydrogen-bond acceptors (Lipinski definition) is 10. The average Bonchev–Trinajstić information content (AvgIpc) is 4.03. The van der Waals surface area contributed by atoms with Gasteiger partial charge in [-0.1, -0.05) is 75.4 Å². The lowest BCUT2D eigenvalue weighted by atomic mass is 9.84. The molecule has 0 saturated carbocycles. The van der Waals surface area contributed by atoms with Crippen molar-refractivity contribution < 1.29 is 42.1 Å². The number of amides is 3. The van der Waals surface area contributed by atoms with Crippen LogP contribution in [0.25, 0.3) is 16.0 Å². The minimum Gasteiger partial charge on any atom is -0.487 e. The number of benzene rings is 3. The Bertz CT molecular complexity index is 2750. The van der Waals surface area contributed by atoms with Crippen LogP contribution in [0.15, 0.2) is 89.9 Å². The number of rotatable bonds is 16. The number of carbonyl (C=O) groups is 3. The zero-order valence-electron chi connectivity index (χ0n) is 40.7. The maximum atomic E-state index is 16.3. The summed E-state index contributed by atoms with van der Waals surface area (Å²) < 4.78 is 59.5. The van der Waals surface area contributed by atoms with E-state index < -0.39 is 71.3 Å². The van der Waals surface area contributed by atoms with Gasteiger partial charge in [-0.05, 0) is 91.5 Å². The van der Waals surface area contributed by atoms with Gasteiger partial charge in [0.2, 0.25) is 17.7 Å². The molecule has 8 rings (SSSR count). The quantitative estimate of drug-likeness (QED) is 0.0886. The van der Waals surface area contributed by atoms with Crippen molar-refractivity contribution in [2.24, 2.45) is 5.41 Å². The van der Waals surface area contributed by atoms with Crippen LogP contribution in [-0.4, -0.2) is 92.2 Å². The molecule has 0 radical (unpaired) electrons. The van der Waals surface area contributed by atoms with E-state index in [1.807, 2.05) is 67.3 Å². The van der Waals surface area contributed by atoms with Crippen LogP contribution >= 0.6 is 11.3 Å². The van der Waals surface area contributed by atoms with Crippen LogP contribution in [0.4, 0.5) is 13.2 Å². The van der Waals surface area contributed by atoms with Crippen molar-refractivity contribution in [3.8, 4) is 16.2 Å². The fourth-order valence-electron chi connectivity index (χ4n) is 9.83. The summed E-state index contributed by atoms with van der Waals surface area (Å²) in [4.78, 5) is 54.1. The van der Waals surface area contributed by atoms with Crippen molar-refractivity contribution in [2.75, 3.05) is 19.7 Å². The Balaban J connectivity index is 0.857. The van der Waals surface area contributed by atoms with Gasteiger partial charge in [-0.15, -0.1) is 11.3 Å². The fourth-order valence-corrected chi connectivity index (χ4v) is 10.6. The van der Waals surface area contributed by atoms with E-state index in [4.69, 9.17) is 9.47 Å². The Morgan fingerprint density at radius 1 is 0.957 bits per heavy atom. The molecule has 0 bridgehead atoms. The van der Waals surface area contributed by atoms with Gasteiger partial charge in [0, 0.05) is 49.8 Å². The molecule has 70 heavy (non-hydrogen) atoms. The molecule has 3 amide bonds. The van der Waals surface area contributed by atoms with Gasteiger partial charge < -0.3 is 30.1 Å². The first-order valence-corrected chi connectivity index (χ1v) is 24.6. The summed E-state index contributed by atoms with van der Waals surface area (Å²) in [6.07, 6.45) is 0.311. The third-order valence-electron chi connectivity index (χ3n) is 13.2. The van der Waals surface area contributed by atoms with E-state index >= 15 is 13.2 Å². The Kier molecular flexibility index (Phi) is 15.0. The van der Waals surface area contributed by atoms with Crippen LogP contribution in [0.3, 0.4) is 0 Å². The number of aromatic nitrogens is 2. The molecule has 2 aromatic heterocycles. The number of hydrogen-bond donors (Lipinski definition) is 3. The van der Waals surface area contributed by atoms with E-state index in [2.05, 4.69) is 20.6 Å². The molecule has 370 valence electrons. The second-order valence-electron chi connectivity index (χ2n) is 20.3. The molecule has 3 N–H and O–H groups in total. The second-order valence-corrected chi connectivity index (χ2v) is 21.2. The van der Waals surface area contributed by atoms with Crippen molar-refractivity contribution in [3.05, 3.63) is 141 Å². The van der Waals surface area contributed by atoms with E-state index in [1.54, 1.807) is 55.8 Å². The van der Waals surface area contributed by atoms with E-state index in [9.17, 15) is 19.5 Å². The number of carbonyl (C=O) groups excluding carboxylic acids is 3. The monoisotopic (exact) mass is 978 g/mol. The minimum absolute atomic E-state index is 0.00395. The number of pyridine rings is 1. The van der Waals surface area contributed by atoms with Crippen LogP contribution in [0, 0.1) is 24.0 Å². The van der Waals surface area contributed by atoms with E-state index in [0.29, 0.717) is 24.2 Å². The van der Waals surface area contributed by atoms with Gasteiger partial charge >= 0.3 is 0 Å². The van der Waals surface area contributed by atoms with Crippen molar-refractivity contribution >= 4 is 34.6 Å². The molecular weight excluding hydrogens is 918 g/mol. The standard InChI is InChI=1S/C54H61F3N6O6S/c1-31-19-41-40-14-9-8-11-35(40)20-42(41)48(63(31)29-54(6,7)57)47-43(55)22-39(23-44(47)56)69-27-37-13-10-12-36(60-37)26-68-28-46(65)61-50(53(3,4)5)52(67)62-25-38(64)21-45(62)51(66)58-24-33-15-17-34(18-16-33)49-32(2)59-30-70-49/h8-18,22-23,30-31,38,45,48,50,64H,19-21,24-29H2,1-7H3,(H,58,66)(H,61,65)/t31-,38-,45+,48+,50-/m1/s1. The predicted molar refractivity (Wildman–Crippen MR) is 262 cm³/mol. The van der Waals surface area contributed by atoms with Gasteiger partial charge in [0.15, 0.2) is 0 Å². The highest BCUT2D eigenvalue weighted by atomic mass is 32.1.